The molecular weight excluding hydrogens is 694 g/mol. The Morgan fingerprint density at radius 1 is 1.06 bits per heavy atom. The number of ether oxygens (including phenoxy) is 3. The lowest BCUT2D eigenvalue weighted by atomic mass is 9.70. The monoisotopic (exact) mass is 741 g/mol. The van der Waals surface area contributed by atoms with Gasteiger partial charge in [-0.25, -0.2) is 14.4 Å². The van der Waals surface area contributed by atoms with E-state index in [1.54, 1.807) is 25.3 Å². The van der Waals surface area contributed by atoms with Gasteiger partial charge >= 0.3 is 18.0 Å². The van der Waals surface area contributed by atoms with Gasteiger partial charge in [0.05, 0.1) is 37.1 Å². The Kier molecular flexibility index (Phi) is 12.1. The molecule has 4 amide bonds. The Hall–Kier alpha value is -3.81. The minimum Gasteiger partial charge on any atom is -0.491 e. The molecule has 4 atom stereocenters. The number of nitrogens with zero attached hydrogens (tertiary/aromatic N) is 3. The van der Waals surface area contributed by atoms with Crippen molar-refractivity contribution in [1.82, 2.24) is 15.6 Å². The van der Waals surface area contributed by atoms with E-state index < -0.39 is 28.6 Å². The van der Waals surface area contributed by atoms with Crippen LogP contribution < -0.4 is 20.4 Å². The molecule has 0 aromatic heterocycles. The van der Waals surface area contributed by atoms with E-state index in [4.69, 9.17) is 25.8 Å². The Morgan fingerprint density at radius 2 is 1.88 bits per heavy atom. The molecule has 1 saturated heterocycles. The second-order valence-corrected chi connectivity index (χ2v) is 15.8. The zero-order chi connectivity index (χ0) is 36.1. The predicted molar refractivity (Wildman–Crippen MR) is 194 cm³/mol. The van der Waals surface area contributed by atoms with Crippen molar-refractivity contribution in [1.29, 1.82) is 0 Å². The number of rotatable bonds is 3. The van der Waals surface area contributed by atoms with Crippen LogP contribution in [0.2, 0.25) is 5.02 Å². The quantitative estimate of drug-likeness (QED) is 0.234. The molecule has 4 aliphatic rings. The summed E-state index contributed by atoms with van der Waals surface area (Å²) in [6, 6.07) is 10.3. The Morgan fingerprint density at radius 3 is 2.63 bits per heavy atom. The molecule has 3 heterocycles. The first-order valence-electron chi connectivity index (χ1n) is 17.7. The summed E-state index contributed by atoms with van der Waals surface area (Å²) in [6.07, 6.45) is 9.06. The van der Waals surface area contributed by atoms with Crippen LogP contribution in [0, 0.1) is 17.8 Å². The van der Waals surface area contributed by atoms with E-state index in [9.17, 15) is 18.6 Å². The van der Waals surface area contributed by atoms with Crippen LogP contribution in [0.25, 0.3) is 0 Å². The number of hydrogen-bond acceptors (Lipinski definition) is 9. The largest absolute Gasteiger partial charge is 0.491 e. The van der Waals surface area contributed by atoms with Gasteiger partial charge in [-0.05, 0) is 97.6 Å². The SMILES string of the molecule is COC(=O)N1CC(NC(=O)N/[N+]2=[S-](=O)\C[C@@H](C)C/C=C/[C@H](OC)[C@@H]3CC[C@H]3CN3Cc4ccc(Cl)cc4CCCCOc4ccc(cc43)C2=O)C1. The predicted octanol–water partition coefficient (Wildman–Crippen LogP) is 5.66. The summed E-state index contributed by atoms with van der Waals surface area (Å²) >= 11 is 6.46. The van der Waals surface area contributed by atoms with Crippen LogP contribution in [-0.4, -0.2) is 85.3 Å². The molecule has 51 heavy (non-hydrogen) atoms. The summed E-state index contributed by atoms with van der Waals surface area (Å²) in [5, 5.41) is 3.47. The van der Waals surface area contributed by atoms with Gasteiger partial charge in [-0.2, -0.15) is 0 Å². The average molecular weight is 742 g/mol. The van der Waals surface area contributed by atoms with E-state index in [1.807, 2.05) is 19.1 Å². The van der Waals surface area contributed by atoms with Gasteiger partial charge in [0, 0.05) is 48.9 Å². The minimum absolute atomic E-state index is 0.0588. The number of hydrogen-bond donors (Lipinski definition) is 2. The molecule has 2 aromatic carbocycles. The fraction of sp³-hybridized carbons (Fsp3) is 0.541. The smallest absolute Gasteiger partial charge is 0.427 e. The van der Waals surface area contributed by atoms with E-state index >= 15 is 0 Å². The van der Waals surface area contributed by atoms with E-state index in [2.05, 4.69) is 33.9 Å². The number of methoxy groups -OCH3 is 2. The highest BCUT2D eigenvalue weighted by Crippen LogP contribution is 2.42. The van der Waals surface area contributed by atoms with Crippen LogP contribution >= 0.6 is 11.6 Å². The van der Waals surface area contributed by atoms with E-state index in [0.29, 0.717) is 48.7 Å². The van der Waals surface area contributed by atoms with Crippen LogP contribution in [0.1, 0.15) is 60.5 Å². The fourth-order valence-corrected chi connectivity index (χ4v) is 8.73. The molecule has 14 heteroatoms. The maximum Gasteiger partial charge on any atom is 0.427 e. The molecule has 3 aliphatic heterocycles. The third kappa shape index (κ3) is 8.81. The average Bonchev–Trinajstić information content (AvgIpc) is 3.11. The molecule has 0 radical (unpaired) electrons. The van der Waals surface area contributed by atoms with E-state index in [1.165, 1.54) is 17.6 Å². The highest BCUT2D eigenvalue weighted by molar-refractivity contribution is 7.72. The van der Waals surface area contributed by atoms with Crippen LogP contribution in [0.15, 0.2) is 48.6 Å². The van der Waals surface area contributed by atoms with Gasteiger partial charge in [0.2, 0.25) is 0 Å². The molecule has 0 spiro atoms. The van der Waals surface area contributed by atoms with Crippen molar-refractivity contribution < 1.29 is 36.9 Å². The zero-order valence-corrected chi connectivity index (χ0v) is 31.0. The normalized spacial score (nSPS) is 27.3. The second kappa shape index (κ2) is 16.7. The summed E-state index contributed by atoms with van der Waals surface area (Å²) in [5.74, 6) is 0.807. The molecule has 2 fully saturated rings. The Labute approximate surface area is 306 Å². The first-order valence-corrected chi connectivity index (χ1v) is 19.4. The first-order chi connectivity index (χ1) is 24.6. The van der Waals surface area contributed by atoms with Crippen molar-refractivity contribution in [3.05, 3.63) is 70.3 Å². The van der Waals surface area contributed by atoms with Gasteiger partial charge in [-0.1, -0.05) is 42.7 Å². The first kappa shape index (κ1) is 37.0. The Bertz CT molecular complexity index is 1740. The molecule has 1 aliphatic carbocycles. The van der Waals surface area contributed by atoms with E-state index in [0.717, 1.165) is 47.4 Å². The van der Waals surface area contributed by atoms with Crippen molar-refractivity contribution in [3.8, 4) is 5.75 Å². The van der Waals surface area contributed by atoms with Crippen molar-refractivity contribution in [2.24, 2.45) is 17.8 Å². The number of hydrazine groups is 1. The van der Waals surface area contributed by atoms with Crippen molar-refractivity contribution in [2.45, 2.75) is 64.1 Å². The molecule has 0 unspecified atom stereocenters. The number of halogens is 1. The van der Waals surface area contributed by atoms with Gasteiger partial charge in [0.1, 0.15) is 5.75 Å². The molecule has 2 N–H and O–H groups in total. The number of nitrogens with one attached hydrogen (secondary N) is 2. The number of aryl methyl sites for hydroxylation is 1. The van der Waals surface area contributed by atoms with Gasteiger partial charge in [-0.3, -0.25) is 0 Å². The standard InChI is InChI=1S/C37H48ClN5O7S/c1-24-7-6-9-33(48-2)31-14-11-28(31)20-41-19-27-10-13-29(38)17-25(27)8-4-5-16-50-34-15-12-26(18-32(34)41)35(44)43(51(47)23-24)40-36(45)39-30-21-42(22-30)37(46)49-3/h6,9-10,12-13,15,17-18,24,28,30-31,33H,4-5,7-8,11,14,16,19-23H2,1-3H3,(H2,39,40,45)/b9-6+/t24-,28-,31+,33-/m0/s1. The molecule has 2 bridgehead atoms. The highest BCUT2D eigenvalue weighted by atomic mass is 35.5. The van der Waals surface area contributed by atoms with Crippen LogP contribution in [0.4, 0.5) is 15.3 Å². The number of urea groups is 1. The number of carbonyl (C=O) groups excluding carboxylic acids is 3. The van der Waals surface area contributed by atoms with Crippen LogP contribution in [-0.2, 0) is 37.2 Å². The molecule has 276 valence electrons. The number of allylic oxidation sites excluding steroid dienone is 1. The lowest BCUT2D eigenvalue weighted by Gasteiger charge is -2.43. The summed E-state index contributed by atoms with van der Waals surface area (Å²) < 4.78 is 32.0. The van der Waals surface area contributed by atoms with Crippen LogP contribution in [0.3, 0.4) is 0 Å². The third-order valence-corrected chi connectivity index (χ3v) is 12.1. The highest BCUT2D eigenvalue weighted by Gasteiger charge is 2.38. The lowest BCUT2D eigenvalue weighted by molar-refractivity contribution is -0.452. The van der Waals surface area contributed by atoms with E-state index in [-0.39, 0.29) is 42.5 Å². The number of likely N-dealkylation sites (tertiary alicyclic amines) is 1. The number of benzene rings is 2. The maximum atomic E-state index is 14.3. The number of amides is 4. The van der Waals surface area contributed by atoms with Crippen molar-refractivity contribution >= 4 is 45.9 Å². The zero-order valence-electron chi connectivity index (χ0n) is 29.5. The van der Waals surface area contributed by atoms with Gasteiger partial charge in [0.15, 0.2) is 0 Å². The van der Waals surface area contributed by atoms with Crippen molar-refractivity contribution in [3.63, 3.8) is 0 Å². The summed E-state index contributed by atoms with van der Waals surface area (Å²) in [6.45, 7) is 4.30. The molecule has 2 aromatic rings. The fourth-order valence-electron chi connectivity index (χ4n) is 7.29. The molecule has 6 rings (SSSR count). The second-order valence-electron chi connectivity index (χ2n) is 14.0. The molecular formula is C37H48ClN5O7S. The maximum absolute atomic E-state index is 14.3. The number of fused-ring (bicyclic) bond motifs is 3. The summed E-state index contributed by atoms with van der Waals surface area (Å²) in [4.78, 5) is 43.0. The van der Waals surface area contributed by atoms with Gasteiger partial charge in [0.25, 0.3) is 0 Å². The summed E-state index contributed by atoms with van der Waals surface area (Å²) in [5.41, 5.74) is 5.95. The van der Waals surface area contributed by atoms with Gasteiger partial charge in [-0.15, -0.1) is 9.48 Å². The van der Waals surface area contributed by atoms with Gasteiger partial charge < -0.3 is 33.5 Å². The Balaban J connectivity index is 1.38. The third-order valence-electron chi connectivity index (χ3n) is 10.3. The minimum atomic E-state index is -1.91. The molecule has 12 nitrogen and oxygen atoms in total. The summed E-state index contributed by atoms with van der Waals surface area (Å²) in [7, 11) is 1.14. The lowest BCUT2D eigenvalue weighted by Crippen LogP contribution is -2.63. The number of anilines is 1. The number of carbonyl (C=O) groups is 3. The van der Waals surface area contributed by atoms with Crippen LogP contribution in [0.5, 0.6) is 5.75 Å². The molecule has 1 saturated carbocycles. The topological polar surface area (TPSA) is 130 Å². The van der Waals surface area contributed by atoms with Crippen molar-refractivity contribution in [2.75, 3.05) is 51.1 Å².